The minimum absolute atomic E-state index is 0.250. The average molecular weight is 308 g/mol. The van der Waals surface area contributed by atoms with Gasteiger partial charge in [-0.25, -0.2) is 5.43 Å². The molecule has 0 aliphatic carbocycles. The lowest BCUT2D eigenvalue weighted by atomic mass is 10.2. The van der Waals surface area contributed by atoms with Crippen molar-refractivity contribution in [1.29, 1.82) is 0 Å². The zero-order chi connectivity index (χ0) is 16.5. The molecule has 0 heterocycles. The van der Waals surface area contributed by atoms with Gasteiger partial charge in [-0.3, -0.25) is 4.79 Å². The molecule has 0 aliphatic heterocycles. The Bertz CT molecular complexity index is 689. The van der Waals surface area contributed by atoms with Crippen LogP contribution in [-0.2, 0) is 0 Å². The maximum atomic E-state index is 12.0. The molecule has 0 spiro atoms. The van der Waals surface area contributed by atoms with Crippen molar-refractivity contribution in [2.24, 2.45) is 5.10 Å². The second kappa shape index (κ2) is 8.54. The van der Waals surface area contributed by atoms with Crippen molar-refractivity contribution in [3.8, 4) is 5.75 Å². The summed E-state index contributed by atoms with van der Waals surface area (Å²) in [5, 5.41) is 4.07. The number of ether oxygens (including phenoxy) is 1. The van der Waals surface area contributed by atoms with Crippen LogP contribution in [0.4, 0.5) is 0 Å². The van der Waals surface area contributed by atoms with E-state index in [0.29, 0.717) is 17.9 Å². The molecule has 0 unspecified atom stereocenters. The van der Waals surface area contributed by atoms with Gasteiger partial charge in [0.1, 0.15) is 5.75 Å². The highest BCUT2D eigenvalue weighted by atomic mass is 16.5. The fourth-order valence-electron chi connectivity index (χ4n) is 1.89. The van der Waals surface area contributed by atoms with Gasteiger partial charge in [-0.05, 0) is 49.8 Å². The summed E-state index contributed by atoms with van der Waals surface area (Å²) in [5.41, 5.74) is 4.88. The number of hydrogen-bond donors (Lipinski definition) is 1. The second-order valence-corrected chi connectivity index (χ2v) is 4.90. The molecule has 0 radical (unpaired) electrons. The first kappa shape index (κ1) is 16.5. The molecule has 0 fully saturated rings. The van der Waals surface area contributed by atoms with E-state index in [4.69, 9.17) is 4.74 Å². The Labute approximate surface area is 136 Å². The highest BCUT2D eigenvalue weighted by Gasteiger charge is 2.04. The smallest absolute Gasteiger partial charge is 0.271 e. The SMILES string of the molecule is CCOc1ccc(C(=O)N/N=C(C)\C=C\c2ccccc2)cc1. The van der Waals surface area contributed by atoms with E-state index in [9.17, 15) is 4.79 Å². The van der Waals surface area contributed by atoms with Crippen LogP contribution >= 0.6 is 0 Å². The highest BCUT2D eigenvalue weighted by Crippen LogP contribution is 2.11. The second-order valence-electron chi connectivity index (χ2n) is 4.90. The number of hydrazone groups is 1. The molecule has 1 N–H and O–H groups in total. The number of hydrogen-bond acceptors (Lipinski definition) is 3. The van der Waals surface area contributed by atoms with E-state index in [1.807, 2.05) is 56.3 Å². The van der Waals surface area contributed by atoms with E-state index >= 15 is 0 Å². The van der Waals surface area contributed by atoms with Crippen LogP contribution in [0.2, 0.25) is 0 Å². The first-order valence-electron chi connectivity index (χ1n) is 7.49. The predicted molar refractivity (Wildman–Crippen MR) is 93.7 cm³/mol. The van der Waals surface area contributed by atoms with Crippen molar-refractivity contribution >= 4 is 17.7 Å². The summed E-state index contributed by atoms with van der Waals surface area (Å²) >= 11 is 0. The van der Waals surface area contributed by atoms with E-state index < -0.39 is 0 Å². The van der Waals surface area contributed by atoms with Crippen molar-refractivity contribution in [2.75, 3.05) is 6.61 Å². The fraction of sp³-hybridized carbons (Fsp3) is 0.158. The molecule has 2 rings (SSSR count). The summed E-state index contributed by atoms with van der Waals surface area (Å²) in [6.07, 6.45) is 3.80. The van der Waals surface area contributed by atoms with E-state index in [1.165, 1.54) is 0 Å². The van der Waals surface area contributed by atoms with Gasteiger partial charge in [0.2, 0.25) is 0 Å². The molecule has 0 aromatic heterocycles. The Balaban J connectivity index is 1.93. The lowest BCUT2D eigenvalue weighted by Crippen LogP contribution is -2.18. The van der Waals surface area contributed by atoms with Gasteiger partial charge in [0.15, 0.2) is 0 Å². The lowest BCUT2D eigenvalue weighted by molar-refractivity contribution is 0.0955. The zero-order valence-corrected chi connectivity index (χ0v) is 13.3. The molecule has 0 atom stereocenters. The van der Waals surface area contributed by atoms with Gasteiger partial charge in [0.25, 0.3) is 5.91 Å². The summed E-state index contributed by atoms with van der Waals surface area (Å²) in [5.74, 6) is 0.495. The van der Waals surface area contributed by atoms with Gasteiger partial charge < -0.3 is 4.74 Å². The molecule has 23 heavy (non-hydrogen) atoms. The third-order valence-corrected chi connectivity index (χ3v) is 3.08. The fourth-order valence-corrected chi connectivity index (χ4v) is 1.89. The minimum Gasteiger partial charge on any atom is -0.494 e. The number of carbonyl (C=O) groups excluding carboxylic acids is 1. The van der Waals surface area contributed by atoms with Gasteiger partial charge in [0.05, 0.1) is 12.3 Å². The molecule has 2 aromatic rings. The van der Waals surface area contributed by atoms with Gasteiger partial charge in [-0.2, -0.15) is 5.10 Å². The van der Waals surface area contributed by atoms with Crippen molar-refractivity contribution < 1.29 is 9.53 Å². The Morgan fingerprint density at radius 3 is 2.48 bits per heavy atom. The summed E-state index contributed by atoms with van der Waals surface area (Å²) in [6.45, 7) is 4.35. The third-order valence-electron chi connectivity index (χ3n) is 3.08. The maximum Gasteiger partial charge on any atom is 0.271 e. The summed E-state index contributed by atoms with van der Waals surface area (Å²) < 4.78 is 5.34. The average Bonchev–Trinajstić information content (AvgIpc) is 2.59. The molecular formula is C19H20N2O2. The predicted octanol–water partition coefficient (Wildman–Crippen LogP) is 3.90. The molecule has 4 heteroatoms. The number of allylic oxidation sites excluding steroid dienone is 1. The third kappa shape index (κ3) is 5.43. The van der Waals surface area contributed by atoms with E-state index in [-0.39, 0.29) is 5.91 Å². The number of rotatable bonds is 6. The van der Waals surface area contributed by atoms with Crippen molar-refractivity contribution in [3.63, 3.8) is 0 Å². The van der Waals surface area contributed by atoms with E-state index in [1.54, 1.807) is 24.3 Å². The summed E-state index contributed by atoms with van der Waals surface area (Å²) in [6, 6.07) is 16.9. The number of nitrogens with zero attached hydrogens (tertiary/aromatic N) is 1. The van der Waals surface area contributed by atoms with Crippen LogP contribution in [0.1, 0.15) is 29.8 Å². The van der Waals surface area contributed by atoms with Gasteiger partial charge in [0, 0.05) is 5.56 Å². The molecular weight excluding hydrogens is 288 g/mol. The van der Waals surface area contributed by atoms with Crippen LogP contribution < -0.4 is 10.2 Å². The number of amides is 1. The Morgan fingerprint density at radius 2 is 1.83 bits per heavy atom. The topological polar surface area (TPSA) is 50.7 Å². The number of carbonyl (C=O) groups is 1. The monoisotopic (exact) mass is 308 g/mol. The molecule has 0 aliphatic rings. The number of benzene rings is 2. The molecule has 0 saturated heterocycles. The lowest BCUT2D eigenvalue weighted by Gasteiger charge is -2.04. The molecule has 0 saturated carbocycles. The van der Waals surface area contributed by atoms with Crippen molar-refractivity contribution in [3.05, 3.63) is 71.8 Å². The molecule has 2 aromatic carbocycles. The Morgan fingerprint density at radius 1 is 1.13 bits per heavy atom. The summed E-state index contributed by atoms with van der Waals surface area (Å²) in [7, 11) is 0. The van der Waals surface area contributed by atoms with Crippen LogP contribution in [0.3, 0.4) is 0 Å². The standard InChI is InChI=1S/C19H20N2O2/c1-3-23-18-13-11-17(12-14-18)19(22)21-20-15(2)9-10-16-7-5-4-6-8-16/h4-14H,3H2,1-2H3,(H,21,22)/b10-9+,20-15-. The zero-order valence-electron chi connectivity index (χ0n) is 13.3. The van der Waals surface area contributed by atoms with Gasteiger partial charge in [-0.15, -0.1) is 0 Å². The normalized spacial score (nSPS) is 11.5. The van der Waals surface area contributed by atoms with Crippen LogP contribution in [0.15, 0.2) is 65.8 Å². The van der Waals surface area contributed by atoms with Crippen LogP contribution in [0, 0.1) is 0 Å². The van der Waals surface area contributed by atoms with Gasteiger partial charge >= 0.3 is 0 Å². The largest absolute Gasteiger partial charge is 0.494 e. The molecule has 118 valence electrons. The van der Waals surface area contributed by atoms with Crippen molar-refractivity contribution in [2.45, 2.75) is 13.8 Å². The summed E-state index contributed by atoms with van der Waals surface area (Å²) in [4.78, 5) is 12.0. The quantitative estimate of drug-likeness (QED) is 0.650. The first-order chi connectivity index (χ1) is 11.2. The maximum absolute atomic E-state index is 12.0. The van der Waals surface area contributed by atoms with E-state index in [2.05, 4.69) is 10.5 Å². The minimum atomic E-state index is -0.250. The van der Waals surface area contributed by atoms with Crippen molar-refractivity contribution in [1.82, 2.24) is 5.43 Å². The number of nitrogens with one attached hydrogen (secondary N) is 1. The Hall–Kier alpha value is -2.88. The van der Waals surface area contributed by atoms with E-state index in [0.717, 1.165) is 11.3 Å². The van der Waals surface area contributed by atoms with Crippen LogP contribution in [-0.4, -0.2) is 18.2 Å². The molecule has 1 amide bonds. The van der Waals surface area contributed by atoms with Crippen LogP contribution in [0.25, 0.3) is 6.08 Å². The van der Waals surface area contributed by atoms with Gasteiger partial charge in [-0.1, -0.05) is 36.4 Å². The molecule has 4 nitrogen and oxygen atoms in total. The first-order valence-corrected chi connectivity index (χ1v) is 7.49. The van der Waals surface area contributed by atoms with Crippen LogP contribution in [0.5, 0.6) is 5.75 Å². The Kier molecular flexibility index (Phi) is 6.12. The highest BCUT2D eigenvalue weighted by molar-refractivity contribution is 5.99. The molecule has 0 bridgehead atoms.